The Balaban J connectivity index is 1.90. The van der Waals surface area contributed by atoms with Crippen LogP contribution >= 0.6 is 0 Å². The Bertz CT molecular complexity index is 211. The van der Waals surface area contributed by atoms with Crippen molar-refractivity contribution in [3.05, 3.63) is 0 Å². The van der Waals surface area contributed by atoms with Gasteiger partial charge >= 0.3 is 0 Å². The lowest BCUT2D eigenvalue weighted by molar-refractivity contribution is 0.0332. The Kier molecular flexibility index (Phi) is 4.26. The van der Waals surface area contributed by atoms with Gasteiger partial charge in [-0.15, -0.1) is 0 Å². The Morgan fingerprint density at radius 2 is 1.88 bits per heavy atom. The van der Waals surface area contributed by atoms with E-state index >= 15 is 0 Å². The molecular weight excluding hydrogens is 198 g/mol. The maximum atomic E-state index is 10.2. The molecule has 0 amide bonds. The summed E-state index contributed by atoms with van der Waals surface area (Å²) in [6, 6.07) is 1.23. The molecule has 2 unspecified atom stereocenters. The Morgan fingerprint density at radius 1 is 1.19 bits per heavy atom. The van der Waals surface area contributed by atoms with Gasteiger partial charge < -0.3 is 5.11 Å². The molecule has 0 aromatic heterocycles. The first-order chi connectivity index (χ1) is 7.76. The van der Waals surface area contributed by atoms with E-state index in [2.05, 4.69) is 18.7 Å². The van der Waals surface area contributed by atoms with Crippen molar-refractivity contribution >= 4 is 0 Å². The summed E-state index contributed by atoms with van der Waals surface area (Å²) in [5, 5.41) is 10.2. The summed E-state index contributed by atoms with van der Waals surface area (Å²) < 4.78 is 0. The van der Waals surface area contributed by atoms with E-state index in [4.69, 9.17) is 0 Å². The highest BCUT2D eigenvalue weighted by molar-refractivity contribution is 4.93. The van der Waals surface area contributed by atoms with Crippen LogP contribution in [0, 0.1) is 5.92 Å². The van der Waals surface area contributed by atoms with Crippen molar-refractivity contribution in [1.29, 1.82) is 0 Å². The van der Waals surface area contributed by atoms with Crippen LogP contribution in [0.5, 0.6) is 0 Å². The summed E-state index contributed by atoms with van der Waals surface area (Å²) in [7, 11) is 0. The smallest absolute Gasteiger partial charge is 0.0695 e. The summed E-state index contributed by atoms with van der Waals surface area (Å²) in [5.74, 6) is 0.948. The maximum absolute atomic E-state index is 10.2. The van der Waals surface area contributed by atoms with Crippen molar-refractivity contribution in [3.8, 4) is 0 Å². The third-order valence-corrected chi connectivity index (χ3v) is 4.05. The second-order valence-electron chi connectivity index (χ2n) is 5.70. The van der Waals surface area contributed by atoms with E-state index in [1.807, 2.05) is 0 Å². The highest BCUT2D eigenvalue weighted by Crippen LogP contribution is 2.37. The lowest BCUT2D eigenvalue weighted by Gasteiger charge is -2.34. The molecular formula is C14H27NO. The summed E-state index contributed by atoms with van der Waals surface area (Å²) >= 11 is 0. The molecule has 0 aromatic carbocycles. The van der Waals surface area contributed by atoms with E-state index in [-0.39, 0.29) is 6.10 Å². The minimum atomic E-state index is -0.102. The largest absolute Gasteiger partial charge is 0.391 e. The standard InChI is InChI=1S/C14H27NO/c1-3-5-14(16)13(4-2)15(12-8-9-12)10-11-6-7-11/h11-14,16H,3-10H2,1-2H3. The Hall–Kier alpha value is -0.0800. The first kappa shape index (κ1) is 12.4. The third kappa shape index (κ3) is 3.21. The number of aliphatic hydroxyl groups excluding tert-OH is 1. The van der Waals surface area contributed by atoms with Crippen molar-refractivity contribution < 1.29 is 5.11 Å². The van der Waals surface area contributed by atoms with E-state index in [1.165, 1.54) is 32.2 Å². The maximum Gasteiger partial charge on any atom is 0.0695 e. The van der Waals surface area contributed by atoms with Crippen LogP contribution in [0.25, 0.3) is 0 Å². The van der Waals surface area contributed by atoms with E-state index in [1.54, 1.807) is 0 Å². The fourth-order valence-corrected chi connectivity index (χ4v) is 2.78. The Labute approximate surface area is 100 Å². The topological polar surface area (TPSA) is 23.5 Å². The minimum absolute atomic E-state index is 0.102. The fourth-order valence-electron chi connectivity index (χ4n) is 2.78. The quantitative estimate of drug-likeness (QED) is 0.686. The zero-order valence-corrected chi connectivity index (χ0v) is 10.9. The molecule has 0 spiro atoms. The van der Waals surface area contributed by atoms with Gasteiger partial charge in [0.2, 0.25) is 0 Å². The minimum Gasteiger partial charge on any atom is -0.391 e. The van der Waals surface area contributed by atoms with Crippen molar-refractivity contribution in [1.82, 2.24) is 4.90 Å². The van der Waals surface area contributed by atoms with Gasteiger partial charge in [0.1, 0.15) is 0 Å². The average molecular weight is 225 g/mol. The normalized spacial score (nSPS) is 24.8. The first-order valence-electron chi connectivity index (χ1n) is 7.20. The zero-order chi connectivity index (χ0) is 11.5. The molecule has 2 atom stereocenters. The fraction of sp³-hybridized carbons (Fsp3) is 1.00. The third-order valence-electron chi connectivity index (χ3n) is 4.05. The van der Waals surface area contributed by atoms with Crippen molar-refractivity contribution in [2.45, 2.75) is 77.0 Å². The molecule has 16 heavy (non-hydrogen) atoms. The predicted molar refractivity (Wildman–Crippen MR) is 67.4 cm³/mol. The van der Waals surface area contributed by atoms with Crippen LogP contribution in [0.3, 0.4) is 0 Å². The van der Waals surface area contributed by atoms with Gasteiger partial charge in [-0.2, -0.15) is 0 Å². The molecule has 1 N–H and O–H groups in total. The Morgan fingerprint density at radius 3 is 2.31 bits per heavy atom. The van der Waals surface area contributed by atoms with E-state index in [0.29, 0.717) is 6.04 Å². The van der Waals surface area contributed by atoms with Crippen LogP contribution in [-0.2, 0) is 0 Å². The van der Waals surface area contributed by atoms with Crippen molar-refractivity contribution in [3.63, 3.8) is 0 Å². The number of aliphatic hydroxyl groups is 1. The second kappa shape index (κ2) is 5.50. The number of nitrogens with zero attached hydrogens (tertiary/aromatic N) is 1. The molecule has 0 radical (unpaired) electrons. The SMILES string of the molecule is CCCC(O)C(CC)N(CC1CC1)C1CC1. The molecule has 0 aliphatic heterocycles. The van der Waals surface area contributed by atoms with Gasteiger partial charge in [0.25, 0.3) is 0 Å². The molecule has 2 saturated carbocycles. The molecule has 94 valence electrons. The summed E-state index contributed by atoms with van der Waals surface area (Å²) in [6.45, 7) is 5.65. The predicted octanol–water partition coefficient (Wildman–Crippen LogP) is 2.80. The molecule has 2 aliphatic rings. The van der Waals surface area contributed by atoms with Crippen LogP contribution < -0.4 is 0 Å². The summed E-state index contributed by atoms with van der Waals surface area (Å²) in [4.78, 5) is 2.64. The van der Waals surface area contributed by atoms with Gasteiger partial charge in [0, 0.05) is 18.6 Å². The average Bonchev–Trinajstić information content (AvgIpc) is 3.13. The van der Waals surface area contributed by atoms with Crippen molar-refractivity contribution in [2.24, 2.45) is 5.92 Å². The first-order valence-corrected chi connectivity index (χ1v) is 7.20. The molecule has 2 aliphatic carbocycles. The van der Waals surface area contributed by atoms with E-state index in [0.717, 1.165) is 31.2 Å². The lowest BCUT2D eigenvalue weighted by Crippen LogP contribution is -2.45. The molecule has 2 heteroatoms. The monoisotopic (exact) mass is 225 g/mol. The van der Waals surface area contributed by atoms with Gasteiger partial charge in [-0.25, -0.2) is 0 Å². The molecule has 0 saturated heterocycles. The molecule has 2 nitrogen and oxygen atoms in total. The van der Waals surface area contributed by atoms with E-state index < -0.39 is 0 Å². The molecule has 2 fully saturated rings. The van der Waals surface area contributed by atoms with Crippen molar-refractivity contribution in [2.75, 3.05) is 6.54 Å². The van der Waals surface area contributed by atoms with Crippen LogP contribution in [0.1, 0.15) is 58.8 Å². The zero-order valence-electron chi connectivity index (χ0n) is 10.9. The second-order valence-corrected chi connectivity index (χ2v) is 5.70. The van der Waals surface area contributed by atoms with Gasteiger partial charge in [-0.05, 0) is 44.4 Å². The highest BCUT2D eigenvalue weighted by Gasteiger charge is 2.38. The summed E-state index contributed by atoms with van der Waals surface area (Å²) in [5.41, 5.74) is 0. The molecule has 0 heterocycles. The summed E-state index contributed by atoms with van der Waals surface area (Å²) in [6.07, 6.45) is 8.63. The van der Waals surface area contributed by atoms with Gasteiger partial charge in [-0.1, -0.05) is 20.3 Å². The van der Waals surface area contributed by atoms with Crippen LogP contribution in [0.15, 0.2) is 0 Å². The van der Waals surface area contributed by atoms with Gasteiger partial charge in [0.15, 0.2) is 0 Å². The van der Waals surface area contributed by atoms with Crippen LogP contribution in [-0.4, -0.2) is 34.7 Å². The molecule has 0 bridgehead atoms. The number of hydrogen-bond donors (Lipinski definition) is 1. The number of hydrogen-bond acceptors (Lipinski definition) is 2. The van der Waals surface area contributed by atoms with Gasteiger partial charge in [-0.3, -0.25) is 4.90 Å². The van der Waals surface area contributed by atoms with Crippen LogP contribution in [0.4, 0.5) is 0 Å². The molecule has 0 aromatic rings. The lowest BCUT2D eigenvalue weighted by atomic mass is 10.0. The van der Waals surface area contributed by atoms with E-state index in [9.17, 15) is 5.11 Å². The number of rotatable bonds is 8. The van der Waals surface area contributed by atoms with Gasteiger partial charge in [0.05, 0.1) is 6.10 Å². The van der Waals surface area contributed by atoms with Crippen LogP contribution in [0.2, 0.25) is 0 Å². The molecule has 2 rings (SSSR count). The highest BCUT2D eigenvalue weighted by atomic mass is 16.3.